The molecule has 0 amide bonds. The number of fused-ring (bicyclic) bond motifs is 7. The van der Waals surface area contributed by atoms with Crippen molar-refractivity contribution in [3.63, 3.8) is 0 Å². The number of aromatic nitrogens is 3. The monoisotopic (exact) mass is 665 g/mol. The number of benzene rings is 7. The topological polar surface area (TPSA) is 51.8 Å². The predicted octanol–water partition coefficient (Wildman–Crippen LogP) is 12.6. The first kappa shape index (κ1) is 28.2. The van der Waals surface area contributed by atoms with Crippen molar-refractivity contribution in [1.82, 2.24) is 15.0 Å². The number of furan rings is 1. The highest BCUT2D eigenvalue weighted by Gasteiger charge is 2.20. The smallest absolute Gasteiger partial charge is 0.164 e. The van der Waals surface area contributed by atoms with Gasteiger partial charge in [0.15, 0.2) is 17.5 Å². The van der Waals surface area contributed by atoms with Crippen LogP contribution in [0.15, 0.2) is 150 Å². The maximum Gasteiger partial charge on any atom is 0.164 e. The first-order valence-electron chi connectivity index (χ1n) is 16.0. The van der Waals surface area contributed by atoms with Gasteiger partial charge in [-0.2, -0.15) is 0 Å². The second-order valence-corrected chi connectivity index (χ2v) is 13.7. The van der Waals surface area contributed by atoms with Crippen molar-refractivity contribution in [2.45, 2.75) is 0 Å². The average Bonchev–Trinajstić information content (AvgIpc) is 3.73. The van der Waals surface area contributed by atoms with Gasteiger partial charge < -0.3 is 4.42 Å². The molecule has 10 rings (SSSR count). The van der Waals surface area contributed by atoms with E-state index in [1.165, 1.54) is 25.6 Å². The summed E-state index contributed by atoms with van der Waals surface area (Å²) in [6.45, 7) is 0. The van der Waals surface area contributed by atoms with Crippen molar-refractivity contribution in [2.75, 3.05) is 0 Å². The van der Waals surface area contributed by atoms with Crippen LogP contribution >= 0.6 is 22.9 Å². The third-order valence-electron chi connectivity index (χ3n) is 9.18. The van der Waals surface area contributed by atoms with Gasteiger partial charge in [-0.05, 0) is 70.4 Å². The lowest BCUT2D eigenvalue weighted by Crippen LogP contribution is -2.01. The van der Waals surface area contributed by atoms with E-state index in [1.807, 2.05) is 36.4 Å². The minimum absolute atomic E-state index is 0.570. The molecule has 4 nitrogen and oxygen atoms in total. The SMILES string of the molecule is Clc1ccc2oc3cccc(-c4nc(-c5cccc(-c6ccc7ccccc7c6)c5)nc(-c5cccc6sc7ccccc7c56)n4)c3c2c1. The first-order valence-corrected chi connectivity index (χ1v) is 17.2. The highest BCUT2D eigenvalue weighted by Crippen LogP contribution is 2.41. The van der Waals surface area contributed by atoms with Crippen LogP contribution in [-0.4, -0.2) is 15.0 Å². The zero-order valence-corrected chi connectivity index (χ0v) is 27.5. The minimum Gasteiger partial charge on any atom is -0.456 e. The largest absolute Gasteiger partial charge is 0.456 e. The zero-order chi connectivity index (χ0) is 32.5. The highest BCUT2D eigenvalue weighted by molar-refractivity contribution is 7.25. The standard InChI is InChI=1S/C43H24ClN3OS/c44-30-20-21-35-34(24-30)39-32(13-6-15-36(39)48-35)42-45-41(29-11-5-10-27(23-29)28-19-18-25-8-1-2-9-26(25)22-28)46-43(47-42)33-14-7-17-38-40(33)31-12-3-4-16-37(31)49-38/h1-24H. The van der Waals surface area contributed by atoms with Gasteiger partial charge in [0, 0.05) is 52.7 Å². The Kier molecular flexibility index (Phi) is 6.38. The number of halogens is 1. The van der Waals surface area contributed by atoms with Gasteiger partial charge in [-0.15, -0.1) is 11.3 Å². The summed E-state index contributed by atoms with van der Waals surface area (Å²) in [7, 11) is 0. The molecule has 0 fully saturated rings. The van der Waals surface area contributed by atoms with Gasteiger partial charge >= 0.3 is 0 Å². The Bertz CT molecular complexity index is 2930. The number of hydrogen-bond acceptors (Lipinski definition) is 5. The maximum atomic E-state index is 6.49. The Morgan fingerprint density at radius 2 is 1.14 bits per heavy atom. The fourth-order valence-corrected chi connectivity index (χ4v) is 8.20. The van der Waals surface area contributed by atoms with Crippen molar-refractivity contribution in [2.24, 2.45) is 0 Å². The lowest BCUT2D eigenvalue weighted by molar-refractivity contribution is 0.669. The van der Waals surface area contributed by atoms with Crippen LogP contribution in [0.2, 0.25) is 5.02 Å². The summed E-state index contributed by atoms with van der Waals surface area (Å²) in [5.74, 6) is 1.79. The molecule has 6 heteroatoms. The average molecular weight is 666 g/mol. The maximum absolute atomic E-state index is 6.49. The lowest BCUT2D eigenvalue weighted by atomic mass is 9.99. The Balaban J connectivity index is 1.23. The van der Waals surface area contributed by atoms with E-state index < -0.39 is 0 Å². The summed E-state index contributed by atoms with van der Waals surface area (Å²) in [6, 6.07) is 50.0. The molecule has 0 bridgehead atoms. The molecule has 0 saturated heterocycles. The van der Waals surface area contributed by atoms with Gasteiger partial charge in [-0.1, -0.05) is 109 Å². The molecular formula is C43H24ClN3OS. The van der Waals surface area contributed by atoms with Crippen LogP contribution in [0.25, 0.3) is 98.2 Å². The summed E-state index contributed by atoms with van der Waals surface area (Å²) in [5.41, 5.74) is 6.48. The summed E-state index contributed by atoms with van der Waals surface area (Å²) < 4.78 is 8.68. The second kappa shape index (κ2) is 11.1. The zero-order valence-electron chi connectivity index (χ0n) is 25.9. The van der Waals surface area contributed by atoms with Crippen molar-refractivity contribution in [3.05, 3.63) is 151 Å². The van der Waals surface area contributed by atoms with Crippen molar-refractivity contribution in [1.29, 1.82) is 0 Å². The van der Waals surface area contributed by atoms with Gasteiger partial charge in [0.05, 0.1) is 0 Å². The minimum atomic E-state index is 0.570. The fraction of sp³-hybridized carbons (Fsp3) is 0. The molecule has 0 N–H and O–H groups in total. The second-order valence-electron chi connectivity index (χ2n) is 12.1. The molecular weight excluding hydrogens is 642 g/mol. The third kappa shape index (κ3) is 4.70. The molecule has 0 unspecified atom stereocenters. The van der Waals surface area contributed by atoms with E-state index in [0.29, 0.717) is 22.5 Å². The Hall–Kier alpha value is -5.88. The molecule has 0 aliphatic carbocycles. The molecule has 0 aliphatic heterocycles. The molecule has 230 valence electrons. The molecule has 7 aromatic carbocycles. The molecule has 0 spiro atoms. The van der Waals surface area contributed by atoms with E-state index in [0.717, 1.165) is 55.1 Å². The number of nitrogens with zero attached hydrogens (tertiary/aromatic N) is 3. The Morgan fingerprint density at radius 3 is 2.04 bits per heavy atom. The van der Waals surface area contributed by atoms with Gasteiger partial charge in [0.2, 0.25) is 0 Å². The normalized spacial score (nSPS) is 11.8. The van der Waals surface area contributed by atoms with Crippen LogP contribution in [0.1, 0.15) is 0 Å². The molecule has 3 aromatic heterocycles. The van der Waals surface area contributed by atoms with Crippen molar-refractivity contribution in [3.8, 4) is 45.3 Å². The van der Waals surface area contributed by atoms with E-state index in [1.54, 1.807) is 11.3 Å². The van der Waals surface area contributed by atoms with Gasteiger partial charge in [-0.3, -0.25) is 0 Å². The Labute approximate surface area is 289 Å². The molecule has 0 radical (unpaired) electrons. The van der Waals surface area contributed by atoms with E-state index >= 15 is 0 Å². The number of hydrogen-bond donors (Lipinski definition) is 0. The van der Waals surface area contributed by atoms with E-state index in [4.69, 9.17) is 31.0 Å². The molecule has 0 atom stereocenters. The lowest BCUT2D eigenvalue weighted by Gasteiger charge is -2.11. The van der Waals surface area contributed by atoms with Crippen LogP contribution in [-0.2, 0) is 0 Å². The molecule has 3 heterocycles. The molecule has 0 saturated carbocycles. The fourth-order valence-electron chi connectivity index (χ4n) is 6.90. The molecule has 10 aromatic rings. The van der Waals surface area contributed by atoms with Crippen molar-refractivity contribution < 1.29 is 4.42 Å². The quantitative estimate of drug-likeness (QED) is 0.188. The van der Waals surface area contributed by atoms with Crippen LogP contribution < -0.4 is 0 Å². The van der Waals surface area contributed by atoms with Gasteiger partial charge in [-0.25, -0.2) is 15.0 Å². The van der Waals surface area contributed by atoms with Crippen LogP contribution in [0.3, 0.4) is 0 Å². The predicted molar refractivity (Wildman–Crippen MR) is 204 cm³/mol. The Morgan fingerprint density at radius 1 is 0.449 bits per heavy atom. The molecule has 0 aliphatic rings. The first-order chi connectivity index (χ1) is 24.2. The van der Waals surface area contributed by atoms with E-state index in [9.17, 15) is 0 Å². The van der Waals surface area contributed by atoms with Crippen LogP contribution in [0, 0.1) is 0 Å². The van der Waals surface area contributed by atoms with Crippen molar-refractivity contribution >= 4 is 75.8 Å². The summed E-state index contributed by atoms with van der Waals surface area (Å²) in [6.07, 6.45) is 0. The number of thiophene rings is 1. The van der Waals surface area contributed by atoms with Crippen LogP contribution in [0.4, 0.5) is 0 Å². The summed E-state index contributed by atoms with van der Waals surface area (Å²) in [4.78, 5) is 15.6. The third-order valence-corrected chi connectivity index (χ3v) is 10.6. The molecule has 49 heavy (non-hydrogen) atoms. The highest BCUT2D eigenvalue weighted by atomic mass is 35.5. The van der Waals surface area contributed by atoms with Gasteiger partial charge in [0.25, 0.3) is 0 Å². The van der Waals surface area contributed by atoms with Crippen LogP contribution in [0.5, 0.6) is 0 Å². The van der Waals surface area contributed by atoms with Gasteiger partial charge in [0.1, 0.15) is 11.2 Å². The van der Waals surface area contributed by atoms with E-state index in [2.05, 4.69) is 109 Å². The summed E-state index contributed by atoms with van der Waals surface area (Å²) >= 11 is 8.27. The number of rotatable bonds is 4. The summed E-state index contributed by atoms with van der Waals surface area (Å²) in [5, 5.41) is 7.24. The van der Waals surface area contributed by atoms with E-state index in [-0.39, 0.29) is 0 Å².